The monoisotopic (exact) mass is 270 g/mol. The molecule has 0 heterocycles. The summed E-state index contributed by atoms with van der Waals surface area (Å²) in [4.78, 5) is 0. The third kappa shape index (κ3) is 5.36. The molecule has 1 aromatic rings. The summed E-state index contributed by atoms with van der Waals surface area (Å²) >= 11 is 6.21. The van der Waals surface area contributed by atoms with Gasteiger partial charge in [-0.2, -0.15) is 0 Å². The summed E-state index contributed by atoms with van der Waals surface area (Å²) in [5.41, 5.74) is 5.13. The molecular formula is C14H23ClN2O. The van der Waals surface area contributed by atoms with Crippen LogP contribution in [0.1, 0.15) is 30.9 Å². The molecule has 0 aliphatic heterocycles. The standard InChI is InChI=1S/C14H23ClN2O/c1-3-7-18-8-6-13(17-16)10-12-5-4-11(2)9-14(12)15/h4-5,9,13,17H,3,6-8,10,16H2,1-2H3. The van der Waals surface area contributed by atoms with Crippen LogP contribution in [0.3, 0.4) is 0 Å². The zero-order valence-electron chi connectivity index (χ0n) is 11.2. The van der Waals surface area contributed by atoms with Gasteiger partial charge in [-0.3, -0.25) is 11.3 Å². The molecule has 0 amide bonds. The molecule has 1 rings (SSSR count). The molecule has 3 N–H and O–H groups in total. The lowest BCUT2D eigenvalue weighted by molar-refractivity contribution is 0.124. The van der Waals surface area contributed by atoms with Gasteiger partial charge in [0.05, 0.1) is 0 Å². The van der Waals surface area contributed by atoms with E-state index in [0.29, 0.717) is 0 Å². The summed E-state index contributed by atoms with van der Waals surface area (Å²) in [7, 11) is 0. The summed E-state index contributed by atoms with van der Waals surface area (Å²) in [6.45, 7) is 5.67. The average molecular weight is 271 g/mol. The maximum Gasteiger partial charge on any atom is 0.0481 e. The number of benzene rings is 1. The van der Waals surface area contributed by atoms with E-state index in [-0.39, 0.29) is 6.04 Å². The van der Waals surface area contributed by atoms with Crippen molar-refractivity contribution in [2.24, 2.45) is 5.84 Å². The van der Waals surface area contributed by atoms with Gasteiger partial charge in [0, 0.05) is 24.3 Å². The molecule has 4 heteroatoms. The van der Waals surface area contributed by atoms with Crippen molar-refractivity contribution in [2.75, 3.05) is 13.2 Å². The molecule has 1 aromatic carbocycles. The van der Waals surface area contributed by atoms with Gasteiger partial charge >= 0.3 is 0 Å². The summed E-state index contributed by atoms with van der Waals surface area (Å²) in [6, 6.07) is 6.32. The first-order valence-electron chi connectivity index (χ1n) is 6.46. The number of aryl methyl sites for hydroxylation is 1. The van der Waals surface area contributed by atoms with Crippen molar-refractivity contribution in [3.8, 4) is 0 Å². The number of hydrogen-bond acceptors (Lipinski definition) is 3. The minimum atomic E-state index is 0.196. The van der Waals surface area contributed by atoms with Gasteiger partial charge in [0.25, 0.3) is 0 Å². The summed E-state index contributed by atoms with van der Waals surface area (Å²) in [6.07, 6.45) is 2.76. The van der Waals surface area contributed by atoms with Crippen molar-refractivity contribution in [1.82, 2.24) is 5.43 Å². The Balaban J connectivity index is 2.46. The van der Waals surface area contributed by atoms with Crippen LogP contribution < -0.4 is 11.3 Å². The van der Waals surface area contributed by atoms with E-state index in [1.165, 1.54) is 5.56 Å². The lowest BCUT2D eigenvalue weighted by Gasteiger charge is -2.17. The third-order valence-electron chi connectivity index (χ3n) is 2.87. The molecule has 0 saturated carbocycles. The Morgan fingerprint density at radius 1 is 1.39 bits per heavy atom. The molecule has 0 aromatic heterocycles. The van der Waals surface area contributed by atoms with Crippen LogP contribution in [-0.2, 0) is 11.2 Å². The van der Waals surface area contributed by atoms with Gasteiger partial charge in [-0.15, -0.1) is 0 Å². The maximum atomic E-state index is 6.21. The van der Waals surface area contributed by atoms with E-state index in [9.17, 15) is 0 Å². The highest BCUT2D eigenvalue weighted by Gasteiger charge is 2.10. The van der Waals surface area contributed by atoms with Crippen LogP contribution in [0.5, 0.6) is 0 Å². The predicted molar refractivity (Wildman–Crippen MR) is 76.7 cm³/mol. The molecule has 0 fully saturated rings. The minimum Gasteiger partial charge on any atom is -0.381 e. The Kier molecular flexibility index (Phi) is 7.28. The lowest BCUT2D eigenvalue weighted by atomic mass is 10.0. The first-order valence-corrected chi connectivity index (χ1v) is 6.84. The second-order valence-corrected chi connectivity index (χ2v) is 4.97. The van der Waals surface area contributed by atoms with E-state index in [1.807, 2.05) is 13.0 Å². The fourth-order valence-electron chi connectivity index (χ4n) is 1.80. The highest BCUT2D eigenvalue weighted by atomic mass is 35.5. The SMILES string of the molecule is CCCOCCC(Cc1ccc(C)cc1Cl)NN. The molecule has 0 aliphatic carbocycles. The Morgan fingerprint density at radius 2 is 2.17 bits per heavy atom. The minimum absolute atomic E-state index is 0.196. The molecule has 1 unspecified atom stereocenters. The Bertz CT molecular complexity index is 358. The molecule has 1 atom stereocenters. The van der Waals surface area contributed by atoms with Crippen LogP contribution in [0.4, 0.5) is 0 Å². The second kappa shape index (κ2) is 8.48. The zero-order valence-corrected chi connectivity index (χ0v) is 12.0. The van der Waals surface area contributed by atoms with Crippen LogP contribution in [0.15, 0.2) is 18.2 Å². The first-order chi connectivity index (χ1) is 8.67. The van der Waals surface area contributed by atoms with E-state index in [0.717, 1.165) is 43.1 Å². The van der Waals surface area contributed by atoms with Crippen molar-refractivity contribution < 1.29 is 4.74 Å². The van der Waals surface area contributed by atoms with Crippen molar-refractivity contribution >= 4 is 11.6 Å². The largest absolute Gasteiger partial charge is 0.381 e. The van der Waals surface area contributed by atoms with Crippen LogP contribution in [-0.4, -0.2) is 19.3 Å². The van der Waals surface area contributed by atoms with Crippen molar-refractivity contribution in [2.45, 2.75) is 39.2 Å². The molecule has 0 spiro atoms. The quantitative estimate of drug-likeness (QED) is 0.434. The van der Waals surface area contributed by atoms with Crippen LogP contribution in [0.2, 0.25) is 5.02 Å². The lowest BCUT2D eigenvalue weighted by Crippen LogP contribution is -2.37. The number of hydrogen-bond donors (Lipinski definition) is 2. The predicted octanol–water partition coefficient (Wildman–Crippen LogP) is 2.84. The first kappa shape index (κ1) is 15.4. The van der Waals surface area contributed by atoms with Gasteiger partial charge in [0.15, 0.2) is 0 Å². The van der Waals surface area contributed by atoms with E-state index < -0.39 is 0 Å². The number of nitrogens with one attached hydrogen (secondary N) is 1. The highest BCUT2D eigenvalue weighted by molar-refractivity contribution is 6.31. The third-order valence-corrected chi connectivity index (χ3v) is 3.22. The Morgan fingerprint density at radius 3 is 2.78 bits per heavy atom. The van der Waals surface area contributed by atoms with Crippen molar-refractivity contribution in [3.63, 3.8) is 0 Å². The van der Waals surface area contributed by atoms with Crippen LogP contribution in [0, 0.1) is 6.92 Å². The van der Waals surface area contributed by atoms with Crippen LogP contribution >= 0.6 is 11.6 Å². The molecule has 18 heavy (non-hydrogen) atoms. The Hall–Kier alpha value is -0.610. The number of hydrazine groups is 1. The highest BCUT2D eigenvalue weighted by Crippen LogP contribution is 2.19. The van der Waals surface area contributed by atoms with Gasteiger partial charge in [-0.05, 0) is 43.4 Å². The maximum absolute atomic E-state index is 6.21. The van der Waals surface area contributed by atoms with E-state index in [4.69, 9.17) is 22.2 Å². The number of ether oxygens (including phenoxy) is 1. The number of rotatable bonds is 8. The molecule has 0 saturated heterocycles. The van der Waals surface area contributed by atoms with Gasteiger partial charge in [0.2, 0.25) is 0 Å². The average Bonchev–Trinajstić information content (AvgIpc) is 2.35. The van der Waals surface area contributed by atoms with Gasteiger partial charge in [0.1, 0.15) is 0 Å². The molecule has 102 valence electrons. The van der Waals surface area contributed by atoms with Crippen molar-refractivity contribution in [3.05, 3.63) is 34.3 Å². The van der Waals surface area contributed by atoms with E-state index in [2.05, 4.69) is 24.5 Å². The van der Waals surface area contributed by atoms with Gasteiger partial charge in [-0.25, -0.2) is 0 Å². The zero-order chi connectivity index (χ0) is 13.4. The normalized spacial score (nSPS) is 12.7. The van der Waals surface area contributed by atoms with E-state index >= 15 is 0 Å². The van der Waals surface area contributed by atoms with Crippen molar-refractivity contribution in [1.29, 1.82) is 0 Å². The number of halogens is 1. The summed E-state index contributed by atoms with van der Waals surface area (Å²) in [5.74, 6) is 5.57. The summed E-state index contributed by atoms with van der Waals surface area (Å²) < 4.78 is 5.47. The van der Waals surface area contributed by atoms with Gasteiger partial charge in [-0.1, -0.05) is 30.7 Å². The fraction of sp³-hybridized carbons (Fsp3) is 0.571. The topological polar surface area (TPSA) is 47.3 Å². The molecule has 3 nitrogen and oxygen atoms in total. The molecule has 0 radical (unpaired) electrons. The molecule has 0 aliphatic rings. The summed E-state index contributed by atoms with van der Waals surface area (Å²) in [5, 5.41) is 0.810. The Labute approximate surface area is 115 Å². The molecule has 0 bridgehead atoms. The second-order valence-electron chi connectivity index (χ2n) is 4.56. The van der Waals surface area contributed by atoms with Crippen LogP contribution in [0.25, 0.3) is 0 Å². The molecular weight excluding hydrogens is 248 g/mol. The fourth-order valence-corrected chi connectivity index (χ4v) is 2.11. The van der Waals surface area contributed by atoms with E-state index in [1.54, 1.807) is 0 Å². The number of nitrogens with two attached hydrogens (primary N) is 1. The smallest absolute Gasteiger partial charge is 0.0481 e. The van der Waals surface area contributed by atoms with Gasteiger partial charge < -0.3 is 4.74 Å².